The molecule has 2 saturated heterocycles. The number of carbonyl (C=O) groups is 1. The van der Waals surface area contributed by atoms with Gasteiger partial charge in [0.1, 0.15) is 5.69 Å². The summed E-state index contributed by atoms with van der Waals surface area (Å²) in [5, 5.41) is 12.9. The van der Waals surface area contributed by atoms with Crippen LogP contribution in [0.3, 0.4) is 0 Å². The lowest BCUT2D eigenvalue weighted by Gasteiger charge is -2.57. The molecule has 0 spiro atoms. The topological polar surface area (TPSA) is 102 Å². The number of anilines is 1. The number of amides is 1. The van der Waals surface area contributed by atoms with Crippen LogP contribution in [0.5, 0.6) is 0 Å². The van der Waals surface area contributed by atoms with Crippen molar-refractivity contribution in [1.82, 2.24) is 34.8 Å². The van der Waals surface area contributed by atoms with Crippen molar-refractivity contribution in [3.63, 3.8) is 0 Å². The van der Waals surface area contributed by atoms with Gasteiger partial charge in [-0.2, -0.15) is 10.2 Å². The van der Waals surface area contributed by atoms with Crippen LogP contribution in [0, 0.1) is 18.8 Å². The van der Waals surface area contributed by atoms with Crippen molar-refractivity contribution in [1.29, 1.82) is 0 Å². The van der Waals surface area contributed by atoms with E-state index in [9.17, 15) is 4.79 Å². The molecule has 0 radical (unpaired) electrons. The number of pyridine rings is 1. The van der Waals surface area contributed by atoms with Gasteiger partial charge in [0.25, 0.3) is 5.91 Å². The Labute approximate surface area is 197 Å². The minimum absolute atomic E-state index is 0.0146. The number of nitrogens with zero attached hydrogens (tertiary/aromatic N) is 7. The molecule has 1 aromatic carbocycles. The summed E-state index contributed by atoms with van der Waals surface area (Å²) in [6, 6.07) is 11.9. The third-order valence-corrected chi connectivity index (χ3v) is 7.29. The smallest absolute Gasteiger partial charge is 0.275 e. The second-order valence-electron chi connectivity index (χ2n) is 9.30. The third kappa shape index (κ3) is 3.48. The van der Waals surface area contributed by atoms with Gasteiger partial charge in [-0.1, -0.05) is 25.1 Å². The second kappa shape index (κ2) is 8.16. The number of carbonyl (C=O) groups excluding carboxylic acids is 1. The second-order valence-corrected chi connectivity index (χ2v) is 9.30. The van der Waals surface area contributed by atoms with E-state index >= 15 is 0 Å². The van der Waals surface area contributed by atoms with Crippen molar-refractivity contribution < 1.29 is 4.79 Å². The van der Waals surface area contributed by atoms with E-state index in [-0.39, 0.29) is 18.0 Å². The van der Waals surface area contributed by atoms with E-state index in [1.54, 1.807) is 12.4 Å². The average Bonchev–Trinajstić information content (AvgIpc) is 3.36. The molecule has 1 amide bonds. The highest BCUT2D eigenvalue weighted by Gasteiger charge is 2.51. The molecule has 3 fully saturated rings. The zero-order valence-corrected chi connectivity index (χ0v) is 19.2. The average molecular weight is 455 g/mol. The fraction of sp³-hybridized carbons (Fsp3) is 0.360. The number of para-hydroxylation sites is 1. The first-order valence-electron chi connectivity index (χ1n) is 11.7. The van der Waals surface area contributed by atoms with Crippen LogP contribution in [0.4, 0.5) is 5.95 Å². The highest BCUT2D eigenvalue weighted by molar-refractivity contribution is 5.96. The lowest BCUT2D eigenvalue weighted by Crippen LogP contribution is -2.64. The van der Waals surface area contributed by atoms with Crippen LogP contribution in [-0.4, -0.2) is 59.4 Å². The Bertz CT molecular complexity index is 1350. The van der Waals surface area contributed by atoms with Gasteiger partial charge < -0.3 is 10.2 Å². The molecule has 2 atom stereocenters. The van der Waals surface area contributed by atoms with Crippen molar-refractivity contribution in [2.24, 2.45) is 11.8 Å². The van der Waals surface area contributed by atoms with Gasteiger partial charge in [0.2, 0.25) is 5.95 Å². The van der Waals surface area contributed by atoms with Crippen molar-refractivity contribution in [2.75, 3.05) is 11.9 Å². The van der Waals surface area contributed by atoms with Crippen LogP contribution >= 0.6 is 0 Å². The van der Waals surface area contributed by atoms with Crippen LogP contribution in [0.15, 0.2) is 55.0 Å². The van der Waals surface area contributed by atoms with Crippen LogP contribution in [0.25, 0.3) is 16.6 Å². The minimum Gasteiger partial charge on any atom is -0.352 e. The van der Waals surface area contributed by atoms with Crippen LogP contribution in [-0.2, 0) is 0 Å². The van der Waals surface area contributed by atoms with E-state index in [2.05, 4.69) is 37.4 Å². The fourth-order valence-corrected chi connectivity index (χ4v) is 5.31. The third-order valence-electron chi connectivity index (χ3n) is 7.29. The SMILES string of the molecule is Cc1ccc(-n2nccn2)c(C(=O)N2C3CC(C3)[C@@H](C)C2CNc2ncc3ccccc3n2)n1. The summed E-state index contributed by atoms with van der Waals surface area (Å²) in [6.07, 6.45) is 7.11. The molecule has 3 aromatic heterocycles. The molecular formula is C25H26N8O. The van der Waals surface area contributed by atoms with E-state index in [0.29, 0.717) is 35.7 Å². The lowest BCUT2D eigenvalue weighted by atomic mass is 9.64. The summed E-state index contributed by atoms with van der Waals surface area (Å²) in [6.45, 7) is 4.72. The molecule has 7 rings (SSSR count). The first-order valence-corrected chi connectivity index (χ1v) is 11.7. The Morgan fingerprint density at radius 2 is 1.88 bits per heavy atom. The van der Waals surface area contributed by atoms with Crippen LogP contribution in [0.1, 0.15) is 35.9 Å². The van der Waals surface area contributed by atoms with Gasteiger partial charge in [-0.25, -0.2) is 15.0 Å². The molecule has 5 heterocycles. The van der Waals surface area contributed by atoms with Crippen molar-refractivity contribution in [2.45, 2.75) is 38.8 Å². The summed E-state index contributed by atoms with van der Waals surface area (Å²) >= 11 is 0. The quantitative estimate of drug-likeness (QED) is 0.494. The number of aromatic nitrogens is 6. The predicted molar refractivity (Wildman–Crippen MR) is 128 cm³/mol. The van der Waals surface area contributed by atoms with Gasteiger partial charge in [0, 0.05) is 29.9 Å². The van der Waals surface area contributed by atoms with Gasteiger partial charge in [0.05, 0.1) is 24.0 Å². The van der Waals surface area contributed by atoms with E-state index in [1.165, 1.54) is 4.80 Å². The maximum Gasteiger partial charge on any atom is 0.275 e. The standard InChI is InChI=1S/C25H26N8O/c1-15-7-8-21(33-28-9-10-29-33)23(30-15)24(34)32-19-11-18(12-19)16(2)22(32)14-27-25-26-13-17-5-3-4-6-20(17)31-25/h3-10,13,16,18-19,22H,11-12,14H2,1-2H3,(H,26,27,31)/t16-,18?,19?,22?/m1/s1. The first-order chi connectivity index (χ1) is 16.6. The number of hydrogen-bond acceptors (Lipinski definition) is 7. The Kier molecular flexibility index (Phi) is 4.97. The highest BCUT2D eigenvalue weighted by Crippen LogP contribution is 2.47. The van der Waals surface area contributed by atoms with Crippen LogP contribution < -0.4 is 5.32 Å². The van der Waals surface area contributed by atoms with Gasteiger partial charge in [0.15, 0.2) is 5.69 Å². The molecule has 2 aliphatic heterocycles. The Morgan fingerprint density at radius 3 is 2.71 bits per heavy atom. The van der Waals surface area contributed by atoms with E-state index in [4.69, 9.17) is 0 Å². The largest absolute Gasteiger partial charge is 0.352 e. The number of benzene rings is 1. The number of piperidine rings is 2. The Morgan fingerprint density at radius 1 is 1.09 bits per heavy atom. The number of aryl methyl sites for hydroxylation is 1. The fourth-order valence-electron chi connectivity index (χ4n) is 5.31. The summed E-state index contributed by atoms with van der Waals surface area (Å²) in [5.41, 5.74) is 2.67. The van der Waals surface area contributed by atoms with Crippen molar-refractivity contribution in [3.8, 4) is 5.69 Å². The molecule has 1 saturated carbocycles. The van der Waals surface area contributed by atoms with Gasteiger partial charge >= 0.3 is 0 Å². The molecule has 9 heteroatoms. The number of hydrogen-bond donors (Lipinski definition) is 1. The zero-order chi connectivity index (χ0) is 23.2. The summed E-state index contributed by atoms with van der Waals surface area (Å²) in [7, 11) is 0. The van der Waals surface area contributed by atoms with Crippen molar-refractivity contribution in [3.05, 3.63) is 66.4 Å². The molecule has 34 heavy (non-hydrogen) atoms. The molecule has 1 aliphatic carbocycles. The highest BCUT2D eigenvalue weighted by atomic mass is 16.2. The van der Waals surface area contributed by atoms with Gasteiger partial charge in [-0.3, -0.25) is 4.79 Å². The lowest BCUT2D eigenvalue weighted by molar-refractivity contribution is -0.0505. The van der Waals surface area contributed by atoms with E-state index in [0.717, 1.165) is 29.4 Å². The number of rotatable bonds is 5. The summed E-state index contributed by atoms with van der Waals surface area (Å²) in [5.74, 6) is 1.50. The monoisotopic (exact) mass is 454 g/mol. The summed E-state index contributed by atoms with van der Waals surface area (Å²) < 4.78 is 0. The molecule has 9 nitrogen and oxygen atoms in total. The molecule has 1 unspecified atom stereocenters. The predicted octanol–water partition coefficient (Wildman–Crippen LogP) is 3.27. The van der Waals surface area contributed by atoms with E-state index in [1.807, 2.05) is 54.4 Å². The maximum absolute atomic E-state index is 14.0. The number of nitrogens with one attached hydrogen (secondary N) is 1. The molecule has 2 bridgehead atoms. The van der Waals surface area contributed by atoms with Crippen LogP contribution in [0.2, 0.25) is 0 Å². The first kappa shape index (κ1) is 20.7. The number of fused-ring (bicyclic) bond motifs is 3. The molecule has 4 aromatic rings. The molecule has 172 valence electrons. The van der Waals surface area contributed by atoms with E-state index < -0.39 is 0 Å². The maximum atomic E-state index is 14.0. The molecule has 1 N–H and O–H groups in total. The molecule has 3 aliphatic rings. The van der Waals surface area contributed by atoms with Crippen molar-refractivity contribution >= 4 is 22.8 Å². The Hall–Kier alpha value is -3.88. The molecular weight excluding hydrogens is 428 g/mol. The summed E-state index contributed by atoms with van der Waals surface area (Å²) in [4.78, 5) is 31.2. The minimum atomic E-state index is -0.0720. The van der Waals surface area contributed by atoms with Gasteiger partial charge in [-0.05, 0) is 49.8 Å². The zero-order valence-electron chi connectivity index (χ0n) is 19.2. The normalized spacial score (nSPS) is 23.5. The van der Waals surface area contributed by atoms with Gasteiger partial charge in [-0.15, -0.1) is 4.80 Å². The Balaban J connectivity index is 1.30.